The fourth-order valence-electron chi connectivity index (χ4n) is 2.30. The van der Waals surface area contributed by atoms with Gasteiger partial charge in [-0.1, -0.05) is 6.42 Å². The number of aromatic nitrogens is 1. The predicted molar refractivity (Wildman–Crippen MR) is 54.8 cm³/mol. The van der Waals surface area contributed by atoms with Crippen molar-refractivity contribution in [2.24, 2.45) is 7.05 Å². The summed E-state index contributed by atoms with van der Waals surface area (Å²) in [7, 11) is 4.17. The number of nitrogens with one attached hydrogen (secondary N) is 1. The van der Waals surface area contributed by atoms with Gasteiger partial charge in [0.15, 0.2) is 0 Å². The van der Waals surface area contributed by atoms with Gasteiger partial charge < -0.3 is 9.88 Å². The smallest absolute Gasteiger partial charge is 0.0335 e. The van der Waals surface area contributed by atoms with Crippen molar-refractivity contribution in [3.05, 3.63) is 23.5 Å². The summed E-state index contributed by atoms with van der Waals surface area (Å²) in [6.07, 6.45) is 9.77. The van der Waals surface area contributed by atoms with Crippen LogP contribution in [0.3, 0.4) is 0 Å². The van der Waals surface area contributed by atoms with Gasteiger partial charge in [-0.3, -0.25) is 0 Å². The van der Waals surface area contributed by atoms with E-state index >= 15 is 0 Å². The largest absolute Gasteiger partial charge is 0.357 e. The fraction of sp³-hybridized carbons (Fsp3) is 0.636. The van der Waals surface area contributed by atoms with E-state index in [1.807, 2.05) is 0 Å². The van der Waals surface area contributed by atoms with E-state index in [0.717, 1.165) is 0 Å². The van der Waals surface area contributed by atoms with Crippen molar-refractivity contribution in [1.82, 2.24) is 9.88 Å². The van der Waals surface area contributed by atoms with Crippen LogP contribution in [0.25, 0.3) is 0 Å². The molecule has 1 atom stereocenters. The molecule has 1 aliphatic rings. The van der Waals surface area contributed by atoms with Crippen molar-refractivity contribution < 1.29 is 0 Å². The third-order valence-corrected chi connectivity index (χ3v) is 2.99. The van der Waals surface area contributed by atoms with Crippen molar-refractivity contribution in [3.8, 4) is 0 Å². The molecule has 0 bridgehead atoms. The van der Waals surface area contributed by atoms with Crippen molar-refractivity contribution in [3.63, 3.8) is 0 Å². The van der Waals surface area contributed by atoms with Gasteiger partial charge >= 0.3 is 0 Å². The van der Waals surface area contributed by atoms with Crippen LogP contribution < -0.4 is 5.32 Å². The molecular weight excluding hydrogens is 160 g/mol. The molecule has 0 fully saturated rings. The Morgan fingerprint density at radius 3 is 3.00 bits per heavy atom. The molecule has 1 aliphatic carbocycles. The topological polar surface area (TPSA) is 17.0 Å². The van der Waals surface area contributed by atoms with E-state index in [0.29, 0.717) is 6.04 Å². The molecule has 0 aliphatic heterocycles. The Bertz CT molecular complexity index is 288. The van der Waals surface area contributed by atoms with Gasteiger partial charge in [-0.2, -0.15) is 0 Å². The van der Waals surface area contributed by atoms with E-state index in [4.69, 9.17) is 0 Å². The Morgan fingerprint density at radius 1 is 1.38 bits per heavy atom. The second-order valence-electron chi connectivity index (χ2n) is 3.99. The first-order chi connectivity index (χ1) is 6.31. The van der Waals surface area contributed by atoms with Crippen molar-refractivity contribution in [1.29, 1.82) is 0 Å². The number of hydrogen-bond acceptors (Lipinski definition) is 1. The number of nitrogens with zero attached hydrogens (tertiary/aromatic N) is 1. The number of hydrogen-bond donors (Lipinski definition) is 1. The summed E-state index contributed by atoms with van der Waals surface area (Å²) < 4.78 is 2.18. The number of rotatable bonds is 1. The summed E-state index contributed by atoms with van der Waals surface area (Å²) >= 11 is 0. The molecule has 0 saturated carbocycles. The van der Waals surface area contributed by atoms with Gasteiger partial charge in [-0.05, 0) is 37.4 Å². The highest BCUT2D eigenvalue weighted by molar-refractivity contribution is 5.28. The van der Waals surface area contributed by atoms with Crippen molar-refractivity contribution >= 4 is 0 Å². The molecule has 1 heterocycles. The normalized spacial score (nSPS) is 22.5. The van der Waals surface area contributed by atoms with Gasteiger partial charge in [0.05, 0.1) is 0 Å². The molecular formula is C11H18N2. The minimum atomic E-state index is 0.582. The minimum absolute atomic E-state index is 0.582. The third kappa shape index (κ3) is 1.63. The van der Waals surface area contributed by atoms with Crippen LogP contribution in [0.2, 0.25) is 0 Å². The molecule has 1 aromatic rings. The van der Waals surface area contributed by atoms with Crippen LogP contribution in [0.5, 0.6) is 0 Å². The molecule has 1 aromatic heterocycles. The van der Waals surface area contributed by atoms with Gasteiger partial charge in [0.2, 0.25) is 0 Å². The Labute approximate surface area is 79.9 Å². The van der Waals surface area contributed by atoms with Crippen LogP contribution in [0.15, 0.2) is 12.4 Å². The molecule has 0 saturated heterocycles. The zero-order valence-electron chi connectivity index (χ0n) is 8.51. The summed E-state index contributed by atoms with van der Waals surface area (Å²) in [5.74, 6) is 0. The van der Waals surface area contributed by atoms with E-state index < -0.39 is 0 Å². The maximum Gasteiger partial charge on any atom is 0.0335 e. The molecule has 13 heavy (non-hydrogen) atoms. The lowest BCUT2D eigenvalue weighted by molar-refractivity contribution is 0.531. The lowest BCUT2D eigenvalue weighted by Gasteiger charge is -2.13. The maximum atomic E-state index is 3.40. The third-order valence-electron chi connectivity index (χ3n) is 2.99. The maximum absolute atomic E-state index is 3.40. The number of aryl methyl sites for hydroxylation is 2. The highest BCUT2D eigenvalue weighted by atomic mass is 14.9. The lowest BCUT2D eigenvalue weighted by Crippen LogP contribution is -2.15. The Balaban J connectivity index is 2.34. The van der Waals surface area contributed by atoms with E-state index in [1.54, 1.807) is 5.56 Å². The van der Waals surface area contributed by atoms with Gasteiger partial charge in [-0.15, -0.1) is 0 Å². The summed E-state index contributed by atoms with van der Waals surface area (Å²) in [5, 5.41) is 3.40. The van der Waals surface area contributed by atoms with E-state index in [2.05, 4.69) is 36.4 Å². The quantitative estimate of drug-likeness (QED) is 0.651. The molecule has 0 amide bonds. The monoisotopic (exact) mass is 178 g/mol. The Morgan fingerprint density at radius 2 is 2.23 bits per heavy atom. The fourth-order valence-corrected chi connectivity index (χ4v) is 2.30. The predicted octanol–water partition coefficient (Wildman–Crippen LogP) is 2.01. The highest BCUT2D eigenvalue weighted by Crippen LogP contribution is 2.28. The van der Waals surface area contributed by atoms with Crippen LogP contribution in [-0.4, -0.2) is 11.6 Å². The molecule has 72 valence electrons. The Hall–Kier alpha value is -0.760. The van der Waals surface area contributed by atoms with Crippen molar-refractivity contribution in [2.45, 2.75) is 31.7 Å². The van der Waals surface area contributed by atoms with Gasteiger partial charge in [-0.25, -0.2) is 0 Å². The molecule has 2 nitrogen and oxygen atoms in total. The SMILES string of the molecule is CNC1CCCCc2cn(C)cc21. The van der Waals surface area contributed by atoms with Crippen molar-refractivity contribution in [2.75, 3.05) is 7.05 Å². The second kappa shape index (κ2) is 3.54. The van der Waals surface area contributed by atoms with Crippen LogP contribution >= 0.6 is 0 Å². The van der Waals surface area contributed by atoms with Crippen LogP contribution in [0.1, 0.15) is 36.4 Å². The van der Waals surface area contributed by atoms with Gasteiger partial charge in [0, 0.05) is 25.5 Å². The van der Waals surface area contributed by atoms with Gasteiger partial charge in [0.1, 0.15) is 0 Å². The minimum Gasteiger partial charge on any atom is -0.357 e. The molecule has 0 spiro atoms. The molecule has 0 radical (unpaired) electrons. The van der Waals surface area contributed by atoms with E-state index in [1.165, 1.54) is 31.2 Å². The molecule has 0 aromatic carbocycles. The molecule has 2 rings (SSSR count). The molecule has 1 unspecified atom stereocenters. The van der Waals surface area contributed by atoms with Gasteiger partial charge in [0.25, 0.3) is 0 Å². The lowest BCUT2D eigenvalue weighted by atomic mass is 10.1. The standard InChI is InChI=1S/C11H18N2/c1-12-11-6-4-3-5-9-7-13(2)8-10(9)11/h7-8,11-12H,3-6H2,1-2H3. The summed E-state index contributed by atoms with van der Waals surface area (Å²) in [6, 6.07) is 0.582. The molecule has 2 heteroatoms. The summed E-state index contributed by atoms with van der Waals surface area (Å²) in [4.78, 5) is 0. The van der Waals surface area contributed by atoms with E-state index in [-0.39, 0.29) is 0 Å². The zero-order chi connectivity index (χ0) is 9.26. The average molecular weight is 178 g/mol. The average Bonchev–Trinajstić information content (AvgIpc) is 2.37. The molecule has 1 N–H and O–H groups in total. The highest BCUT2D eigenvalue weighted by Gasteiger charge is 2.17. The summed E-state index contributed by atoms with van der Waals surface area (Å²) in [6.45, 7) is 0. The Kier molecular flexibility index (Phi) is 2.40. The first-order valence-electron chi connectivity index (χ1n) is 5.13. The summed E-state index contributed by atoms with van der Waals surface area (Å²) in [5.41, 5.74) is 3.06. The first kappa shape index (κ1) is 8.82. The zero-order valence-corrected chi connectivity index (χ0v) is 8.51. The number of fused-ring (bicyclic) bond motifs is 1. The van der Waals surface area contributed by atoms with E-state index in [9.17, 15) is 0 Å². The van der Waals surface area contributed by atoms with Crippen LogP contribution in [-0.2, 0) is 13.5 Å². The van der Waals surface area contributed by atoms with Crippen LogP contribution in [0, 0.1) is 0 Å². The second-order valence-corrected chi connectivity index (χ2v) is 3.99. The van der Waals surface area contributed by atoms with Crippen LogP contribution in [0.4, 0.5) is 0 Å². The first-order valence-corrected chi connectivity index (χ1v) is 5.13.